The standard InChI is InChI=1S/C63H63N3O/c1-39(2)46-35-52(40(3)4)60(67)55(36-46)61-65-59-51(47-32-48(34-50(33-47)63(9,10)11)56-37-45(29-30-64-56)42-19-14-12-15-20-42)23-18-24-57(59)66(61)58-31-41(5)53(38-54(58)43-21-16-13-17-22-43)44-25-27-49(28-26-44)62(6,7)8/h12-40,67H,1-11H3/i5D3,39D,40D. The summed E-state index contributed by atoms with van der Waals surface area (Å²) in [5.41, 5.74) is 13.8. The SMILES string of the molecule is [2H]C([2H])([2H])c1cc(-n2c(-c3cc(C([2H])(C)C)cc(C([2H])(C)C)c3O)nc3c(-c4cc(-c5cc(-c6ccccc6)ccn5)cc(C(C)(C)C)c4)cccc32)c(-c2ccccc2)cc1-c1ccc(C(C)(C)C)cc1. The minimum Gasteiger partial charge on any atom is -0.507 e. The molecule has 0 aliphatic carbocycles. The largest absolute Gasteiger partial charge is 0.507 e. The van der Waals surface area contributed by atoms with Crippen LogP contribution in [0.5, 0.6) is 5.75 Å². The van der Waals surface area contributed by atoms with Gasteiger partial charge in [-0.25, -0.2) is 4.98 Å². The van der Waals surface area contributed by atoms with E-state index in [4.69, 9.17) is 14.1 Å². The van der Waals surface area contributed by atoms with Crippen LogP contribution in [0.3, 0.4) is 0 Å². The molecule has 0 aliphatic heterocycles. The molecule has 0 unspecified atom stereocenters. The molecule has 0 radical (unpaired) electrons. The topological polar surface area (TPSA) is 50.9 Å². The van der Waals surface area contributed by atoms with Gasteiger partial charge in [-0.3, -0.25) is 9.55 Å². The Bertz CT molecular complexity index is 3480. The van der Waals surface area contributed by atoms with Gasteiger partial charge in [0.2, 0.25) is 0 Å². The van der Waals surface area contributed by atoms with Gasteiger partial charge in [0.05, 0.1) is 28.0 Å². The molecule has 1 N–H and O–H groups in total. The van der Waals surface area contributed by atoms with Gasteiger partial charge in [0.1, 0.15) is 11.6 Å². The highest BCUT2D eigenvalue weighted by atomic mass is 16.3. The second-order valence-corrected chi connectivity index (χ2v) is 20.3. The first-order valence-corrected chi connectivity index (χ1v) is 23.2. The molecule has 0 atom stereocenters. The van der Waals surface area contributed by atoms with Crippen molar-refractivity contribution in [1.29, 1.82) is 0 Å². The molecule has 2 aromatic heterocycles. The number of phenols is 1. The monoisotopic (exact) mass is 883 g/mol. The number of fused-ring (bicyclic) bond motifs is 1. The second kappa shape index (κ2) is 17.6. The number of aryl methyl sites for hydroxylation is 1. The van der Waals surface area contributed by atoms with Crippen molar-refractivity contribution < 1.29 is 12.0 Å². The van der Waals surface area contributed by atoms with Crippen LogP contribution in [0.4, 0.5) is 0 Å². The molecule has 0 amide bonds. The number of aromatic nitrogens is 3. The molecule has 336 valence electrons. The van der Waals surface area contributed by atoms with Gasteiger partial charge >= 0.3 is 0 Å². The molecule has 0 spiro atoms. The van der Waals surface area contributed by atoms with Crippen LogP contribution in [0.25, 0.3) is 83.9 Å². The van der Waals surface area contributed by atoms with E-state index in [0.29, 0.717) is 44.8 Å². The van der Waals surface area contributed by atoms with Crippen molar-refractivity contribution in [3.8, 4) is 78.6 Å². The van der Waals surface area contributed by atoms with Gasteiger partial charge in [0.15, 0.2) is 0 Å². The van der Waals surface area contributed by atoms with Crippen molar-refractivity contribution in [3.63, 3.8) is 0 Å². The van der Waals surface area contributed by atoms with E-state index in [0.717, 1.165) is 61.3 Å². The Balaban J connectivity index is 1.40. The summed E-state index contributed by atoms with van der Waals surface area (Å²) in [5.74, 6) is -2.17. The number of nitrogens with zero attached hydrogens (tertiary/aromatic N) is 3. The molecule has 0 fully saturated rings. The van der Waals surface area contributed by atoms with Crippen LogP contribution in [0, 0.1) is 6.85 Å². The highest BCUT2D eigenvalue weighted by Gasteiger charge is 2.27. The summed E-state index contributed by atoms with van der Waals surface area (Å²) >= 11 is 0. The van der Waals surface area contributed by atoms with Gasteiger partial charge in [-0.05, 0) is 139 Å². The maximum atomic E-state index is 12.6. The lowest BCUT2D eigenvalue weighted by molar-refractivity contribution is 0.466. The molecule has 9 rings (SSSR count). The summed E-state index contributed by atoms with van der Waals surface area (Å²) in [6, 6.07) is 52.4. The summed E-state index contributed by atoms with van der Waals surface area (Å²) in [4.78, 5) is 10.5. The highest BCUT2D eigenvalue weighted by molar-refractivity contribution is 5.98. The molecule has 2 heterocycles. The number of pyridine rings is 1. The first-order valence-electron chi connectivity index (χ1n) is 25.7. The number of phenolic OH excluding ortho intramolecular Hbond substituents is 1. The molecule has 4 nitrogen and oxygen atoms in total. The zero-order chi connectivity index (χ0) is 51.7. The minimum absolute atomic E-state index is 0.102. The third-order valence-corrected chi connectivity index (χ3v) is 12.9. The Kier molecular flexibility index (Phi) is 10.3. The highest BCUT2D eigenvalue weighted by Crippen LogP contribution is 2.45. The minimum atomic E-state index is -2.54. The molecule has 0 bridgehead atoms. The van der Waals surface area contributed by atoms with E-state index < -0.39 is 18.6 Å². The maximum absolute atomic E-state index is 12.6. The molecule has 4 heteroatoms. The second-order valence-electron chi connectivity index (χ2n) is 20.3. The molecule has 9 aromatic rings. The van der Waals surface area contributed by atoms with E-state index >= 15 is 0 Å². The van der Waals surface area contributed by atoms with Crippen LogP contribution < -0.4 is 0 Å². The quantitative estimate of drug-likeness (QED) is 0.157. The van der Waals surface area contributed by atoms with Gasteiger partial charge in [-0.15, -0.1) is 0 Å². The summed E-state index contributed by atoms with van der Waals surface area (Å²) in [6.45, 7) is 17.5. The number of imidazole rings is 1. The van der Waals surface area contributed by atoms with Gasteiger partial charge in [0, 0.05) is 29.7 Å². The summed E-state index contributed by atoms with van der Waals surface area (Å²) in [6.07, 6.45) is 1.85. The summed E-state index contributed by atoms with van der Waals surface area (Å²) in [5, 5.41) is 12.6. The first-order chi connectivity index (χ1) is 33.8. The zero-order valence-corrected chi connectivity index (χ0v) is 40.4. The molecule has 0 saturated heterocycles. The van der Waals surface area contributed by atoms with E-state index in [9.17, 15) is 7.85 Å². The third-order valence-electron chi connectivity index (χ3n) is 12.9. The van der Waals surface area contributed by atoms with Crippen LogP contribution in [0.1, 0.15) is 116 Å². The molecule has 67 heavy (non-hydrogen) atoms. The Morgan fingerprint density at radius 1 is 0.537 bits per heavy atom. The zero-order valence-electron chi connectivity index (χ0n) is 45.4. The number of benzene rings is 7. The van der Waals surface area contributed by atoms with Gasteiger partial charge in [0.25, 0.3) is 0 Å². The number of aromatic hydroxyl groups is 1. The fourth-order valence-electron chi connectivity index (χ4n) is 9.00. The lowest BCUT2D eigenvalue weighted by atomic mass is 9.83. The van der Waals surface area contributed by atoms with Crippen LogP contribution in [-0.2, 0) is 10.8 Å². The summed E-state index contributed by atoms with van der Waals surface area (Å²) in [7, 11) is 0. The smallest absolute Gasteiger partial charge is 0.149 e. The van der Waals surface area contributed by atoms with Crippen molar-refractivity contribution in [2.24, 2.45) is 0 Å². The van der Waals surface area contributed by atoms with Gasteiger partial charge in [-0.1, -0.05) is 178 Å². The number of para-hydroxylation sites is 1. The predicted octanol–water partition coefficient (Wildman–Crippen LogP) is 17.3. The Labute approximate surface area is 405 Å². The van der Waals surface area contributed by atoms with Crippen LogP contribution in [-0.4, -0.2) is 19.6 Å². The molecule has 0 saturated carbocycles. The van der Waals surface area contributed by atoms with Gasteiger partial charge < -0.3 is 5.11 Å². The van der Waals surface area contributed by atoms with Crippen molar-refractivity contribution in [2.75, 3.05) is 0 Å². The molecular formula is C63H63N3O. The van der Waals surface area contributed by atoms with Crippen molar-refractivity contribution >= 4 is 11.0 Å². The number of hydrogen-bond acceptors (Lipinski definition) is 3. The summed E-state index contributed by atoms with van der Waals surface area (Å²) < 4.78 is 47.8. The predicted molar refractivity (Wildman–Crippen MR) is 283 cm³/mol. The van der Waals surface area contributed by atoms with Crippen molar-refractivity contribution in [2.45, 2.75) is 98.7 Å². The fourth-order valence-corrected chi connectivity index (χ4v) is 9.00. The normalized spacial score (nSPS) is 13.7. The van der Waals surface area contributed by atoms with Crippen LogP contribution in [0.2, 0.25) is 0 Å². The first kappa shape index (κ1) is 39.2. The average molecular weight is 883 g/mol. The van der Waals surface area contributed by atoms with E-state index in [1.807, 2.05) is 95.7 Å². The van der Waals surface area contributed by atoms with Crippen LogP contribution >= 0.6 is 0 Å². The van der Waals surface area contributed by atoms with E-state index in [2.05, 4.69) is 96.1 Å². The lowest BCUT2D eigenvalue weighted by Crippen LogP contribution is -2.11. The van der Waals surface area contributed by atoms with Crippen molar-refractivity contribution in [3.05, 3.63) is 192 Å². The maximum Gasteiger partial charge on any atom is 0.149 e. The van der Waals surface area contributed by atoms with E-state index in [1.54, 1.807) is 45.9 Å². The van der Waals surface area contributed by atoms with Gasteiger partial charge in [-0.2, -0.15) is 0 Å². The molecule has 0 aliphatic rings. The van der Waals surface area contributed by atoms with Crippen LogP contribution in [0.15, 0.2) is 164 Å². The molecular weight excluding hydrogens is 815 g/mol. The third kappa shape index (κ3) is 8.86. The number of hydrogen-bond donors (Lipinski definition) is 1. The Hall–Kier alpha value is -7.04. The van der Waals surface area contributed by atoms with E-state index in [1.165, 1.54) is 0 Å². The fraction of sp³-hybridized carbons (Fsp3) is 0.238. The lowest BCUT2D eigenvalue weighted by Gasteiger charge is -2.22. The Morgan fingerprint density at radius 3 is 1.84 bits per heavy atom. The number of rotatable bonds is 9. The molecule has 7 aromatic carbocycles. The Morgan fingerprint density at radius 2 is 1.19 bits per heavy atom. The average Bonchev–Trinajstić information content (AvgIpc) is 3.72. The van der Waals surface area contributed by atoms with E-state index in [-0.39, 0.29) is 22.1 Å². The van der Waals surface area contributed by atoms with Crippen molar-refractivity contribution in [1.82, 2.24) is 14.5 Å².